The maximum absolute atomic E-state index is 5.27. The lowest BCUT2D eigenvalue weighted by Crippen LogP contribution is -1.93. The van der Waals surface area contributed by atoms with Crippen molar-refractivity contribution in [3.63, 3.8) is 0 Å². The Morgan fingerprint density at radius 1 is 1.42 bits per heavy atom. The number of nitrogens with zero attached hydrogens (tertiary/aromatic N) is 1. The van der Waals surface area contributed by atoms with Crippen LogP contribution in [0.2, 0.25) is 0 Å². The van der Waals surface area contributed by atoms with Gasteiger partial charge in [0.1, 0.15) is 5.75 Å². The molecular formula is C10H17NO. The molecule has 0 fully saturated rings. The normalized spacial score (nSPS) is 8.33. The molecule has 0 saturated carbocycles. The first-order valence-corrected chi connectivity index (χ1v) is 4.38. The molecule has 0 spiro atoms. The fraction of sp³-hybridized carbons (Fsp3) is 0.500. The van der Waals surface area contributed by atoms with E-state index in [1.807, 2.05) is 33.8 Å². The van der Waals surface area contributed by atoms with E-state index in [0.29, 0.717) is 6.61 Å². The molecule has 1 aromatic heterocycles. The maximum Gasteiger partial charge on any atom is 0.140 e. The molecule has 0 amide bonds. The van der Waals surface area contributed by atoms with Crippen LogP contribution in [-0.2, 0) is 0 Å². The third-order valence-electron chi connectivity index (χ3n) is 1.29. The topological polar surface area (TPSA) is 22.1 Å². The van der Waals surface area contributed by atoms with Gasteiger partial charge in [0, 0.05) is 6.20 Å². The summed E-state index contributed by atoms with van der Waals surface area (Å²) in [5.74, 6) is 0.880. The van der Waals surface area contributed by atoms with Gasteiger partial charge in [-0.3, -0.25) is 4.98 Å². The maximum atomic E-state index is 5.27. The summed E-state index contributed by atoms with van der Waals surface area (Å²) >= 11 is 0. The zero-order valence-corrected chi connectivity index (χ0v) is 8.29. The van der Waals surface area contributed by atoms with E-state index in [1.165, 1.54) is 0 Å². The largest absolute Gasteiger partial charge is 0.492 e. The predicted octanol–water partition coefficient (Wildman–Crippen LogP) is 2.81. The minimum Gasteiger partial charge on any atom is -0.492 e. The van der Waals surface area contributed by atoms with Gasteiger partial charge in [-0.1, -0.05) is 13.8 Å². The monoisotopic (exact) mass is 167 g/mol. The zero-order chi connectivity index (χ0) is 9.40. The van der Waals surface area contributed by atoms with Crippen molar-refractivity contribution in [3.05, 3.63) is 24.0 Å². The van der Waals surface area contributed by atoms with Crippen LogP contribution in [0.15, 0.2) is 18.5 Å². The van der Waals surface area contributed by atoms with Gasteiger partial charge in [-0.25, -0.2) is 0 Å². The fourth-order valence-electron chi connectivity index (χ4n) is 0.756. The molecule has 0 unspecified atom stereocenters. The van der Waals surface area contributed by atoms with Crippen molar-refractivity contribution in [2.75, 3.05) is 6.61 Å². The Hall–Kier alpha value is -1.05. The third kappa shape index (κ3) is 3.37. The summed E-state index contributed by atoms with van der Waals surface area (Å²) in [7, 11) is 0. The van der Waals surface area contributed by atoms with Gasteiger partial charge in [-0.05, 0) is 25.5 Å². The van der Waals surface area contributed by atoms with Crippen molar-refractivity contribution in [1.82, 2.24) is 4.98 Å². The fourth-order valence-corrected chi connectivity index (χ4v) is 0.756. The number of hydrogen-bond donors (Lipinski definition) is 0. The van der Waals surface area contributed by atoms with Gasteiger partial charge >= 0.3 is 0 Å². The average molecular weight is 167 g/mol. The van der Waals surface area contributed by atoms with Crippen molar-refractivity contribution in [2.24, 2.45) is 0 Å². The Morgan fingerprint density at radius 2 is 2.08 bits per heavy atom. The molecule has 1 aromatic rings. The van der Waals surface area contributed by atoms with Crippen molar-refractivity contribution >= 4 is 0 Å². The number of rotatable bonds is 2. The Labute approximate surface area is 74.6 Å². The summed E-state index contributed by atoms with van der Waals surface area (Å²) in [4.78, 5) is 3.94. The molecule has 0 aliphatic rings. The number of pyridine rings is 1. The average Bonchev–Trinajstić information content (AvgIpc) is 2.13. The summed E-state index contributed by atoms with van der Waals surface area (Å²) in [6.07, 6.45) is 3.50. The molecule has 2 nitrogen and oxygen atoms in total. The van der Waals surface area contributed by atoms with E-state index in [1.54, 1.807) is 12.4 Å². The van der Waals surface area contributed by atoms with Crippen molar-refractivity contribution in [3.8, 4) is 5.75 Å². The highest BCUT2D eigenvalue weighted by atomic mass is 16.5. The minimum atomic E-state index is 0.701. The first-order valence-electron chi connectivity index (χ1n) is 4.38. The molecule has 1 heterocycles. The first-order chi connectivity index (χ1) is 5.84. The second kappa shape index (κ2) is 6.65. The van der Waals surface area contributed by atoms with Gasteiger partial charge in [0.25, 0.3) is 0 Å². The molecule has 0 aromatic carbocycles. The minimum absolute atomic E-state index is 0.701. The molecule has 0 radical (unpaired) electrons. The zero-order valence-electron chi connectivity index (χ0n) is 8.29. The van der Waals surface area contributed by atoms with Gasteiger partial charge in [0.15, 0.2) is 0 Å². The number of aryl methyl sites for hydroxylation is 1. The van der Waals surface area contributed by atoms with Crippen molar-refractivity contribution in [2.45, 2.75) is 27.7 Å². The molecule has 1 rings (SSSR count). The van der Waals surface area contributed by atoms with Crippen LogP contribution in [0.3, 0.4) is 0 Å². The smallest absolute Gasteiger partial charge is 0.140 e. The molecular weight excluding hydrogens is 150 g/mol. The molecule has 0 atom stereocenters. The van der Waals surface area contributed by atoms with E-state index in [9.17, 15) is 0 Å². The van der Waals surface area contributed by atoms with Crippen molar-refractivity contribution < 1.29 is 4.74 Å². The van der Waals surface area contributed by atoms with Crippen LogP contribution in [0.5, 0.6) is 5.75 Å². The second-order valence-electron chi connectivity index (χ2n) is 2.07. The van der Waals surface area contributed by atoms with Gasteiger partial charge < -0.3 is 4.74 Å². The Kier molecular flexibility index (Phi) is 6.07. The highest BCUT2D eigenvalue weighted by Crippen LogP contribution is 2.13. The van der Waals surface area contributed by atoms with Crippen LogP contribution in [0.25, 0.3) is 0 Å². The lowest BCUT2D eigenvalue weighted by molar-refractivity contribution is 0.336. The summed E-state index contributed by atoms with van der Waals surface area (Å²) in [5.41, 5.74) is 1.14. The number of hydrogen-bond acceptors (Lipinski definition) is 2. The lowest BCUT2D eigenvalue weighted by atomic mass is 10.3. The molecule has 0 N–H and O–H groups in total. The van der Waals surface area contributed by atoms with E-state index in [2.05, 4.69) is 4.98 Å². The SMILES string of the molecule is CC.CCOc1cnccc1C. The molecule has 68 valence electrons. The number of aromatic nitrogens is 1. The second-order valence-corrected chi connectivity index (χ2v) is 2.07. The van der Waals surface area contributed by atoms with E-state index < -0.39 is 0 Å². The van der Waals surface area contributed by atoms with Gasteiger partial charge in [-0.2, -0.15) is 0 Å². The van der Waals surface area contributed by atoms with Crippen LogP contribution in [0.4, 0.5) is 0 Å². The Balaban J connectivity index is 0.000000561. The molecule has 0 bridgehead atoms. The lowest BCUT2D eigenvalue weighted by Gasteiger charge is -2.03. The summed E-state index contributed by atoms with van der Waals surface area (Å²) in [6.45, 7) is 8.67. The van der Waals surface area contributed by atoms with E-state index in [4.69, 9.17) is 4.74 Å². The van der Waals surface area contributed by atoms with Crippen LogP contribution in [0, 0.1) is 6.92 Å². The van der Waals surface area contributed by atoms with Gasteiger partial charge in [0.2, 0.25) is 0 Å². The summed E-state index contributed by atoms with van der Waals surface area (Å²) < 4.78 is 5.27. The molecule has 0 saturated heterocycles. The summed E-state index contributed by atoms with van der Waals surface area (Å²) in [5, 5.41) is 0. The standard InChI is InChI=1S/C8H11NO.C2H6/c1-3-10-8-6-9-5-4-7(8)2;1-2/h4-6H,3H2,1-2H3;1-2H3. The molecule has 0 aliphatic carbocycles. The van der Waals surface area contributed by atoms with Crippen LogP contribution < -0.4 is 4.74 Å². The van der Waals surface area contributed by atoms with Gasteiger partial charge in [0.05, 0.1) is 12.8 Å². The molecule has 12 heavy (non-hydrogen) atoms. The Bertz CT molecular complexity index is 211. The van der Waals surface area contributed by atoms with E-state index >= 15 is 0 Å². The Morgan fingerprint density at radius 3 is 2.58 bits per heavy atom. The van der Waals surface area contributed by atoms with Crippen LogP contribution in [0.1, 0.15) is 26.3 Å². The highest BCUT2D eigenvalue weighted by molar-refractivity contribution is 5.27. The van der Waals surface area contributed by atoms with Crippen molar-refractivity contribution in [1.29, 1.82) is 0 Å². The third-order valence-corrected chi connectivity index (χ3v) is 1.29. The molecule has 0 aliphatic heterocycles. The van der Waals surface area contributed by atoms with Crippen LogP contribution in [-0.4, -0.2) is 11.6 Å². The number of ether oxygens (including phenoxy) is 1. The molecule has 2 heteroatoms. The summed E-state index contributed by atoms with van der Waals surface area (Å²) in [6, 6.07) is 1.94. The first kappa shape index (κ1) is 11.0. The predicted molar refractivity (Wildman–Crippen MR) is 51.5 cm³/mol. The van der Waals surface area contributed by atoms with E-state index in [0.717, 1.165) is 11.3 Å². The highest BCUT2D eigenvalue weighted by Gasteiger charge is 1.94. The van der Waals surface area contributed by atoms with Crippen LogP contribution >= 0.6 is 0 Å². The quantitative estimate of drug-likeness (QED) is 0.675. The van der Waals surface area contributed by atoms with Gasteiger partial charge in [-0.15, -0.1) is 0 Å². The van der Waals surface area contributed by atoms with E-state index in [-0.39, 0.29) is 0 Å².